The van der Waals surface area contributed by atoms with E-state index in [2.05, 4.69) is 24.1 Å². The number of amides is 1. The third-order valence-electron chi connectivity index (χ3n) is 3.11. The summed E-state index contributed by atoms with van der Waals surface area (Å²) in [7, 11) is 0. The van der Waals surface area contributed by atoms with Crippen LogP contribution < -0.4 is 5.32 Å². The Labute approximate surface area is 106 Å². The SMILES string of the molecule is CC(C)N(CC1CCCN1)C(=O)c1cncs1. The Morgan fingerprint density at radius 1 is 1.71 bits per heavy atom. The second-order valence-corrected chi connectivity index (χ2v) is 5.60. The number of hydrogen-bond acceptors (Lipinski definition) is 4. The van der Waals surface area contributed by atoms with Gasteiger partial charge >= 0.3 is 0 Å². The molecular weight excluding hydrogens is 234 g/mol. The summed E-state index contributed by atoms with van der Waals surface area (Å²) in [6.45, 7) is 6.00. The largest absolute Gasteiger partial charge is 0.334 e. The van der Waals surface area contributed by atoms with Gasteiger partial charge in [0.25, 0.3) is 5.91 Å². The van der Waals surface area contributed by atoms with Crippen LogP contribution in [0.4, 0.5) is 0 Å². The Morgan fingerprint density at radius 3 is 3.06 bits per heavy atom. The number of carbonyl (C=O) groups is 1. The lowest BCUT2D eigenvalue weighted by molar-refractivity contribution is 0.0694. The van der Waals surface area contributed by atoms with E-state index >= 15 is 0 Å². The second-order valence-electron chi connectivity index (χ2n) is 4.71. The number of hydrogen-bond donors (Lipinski definition) is 1. The highest BCUT2D eigenvalue weighted by Gasteiger charge is 2.24. The van der Waals surface area contributed by atoms with Gasteiger partial charge in [0.15, 0.2) is 0 Å². The summed E-state index contributed by atoms with van der Waals surface area (Å²) in [5.41, 5.74) is 1.71. The van der Waals surface area contributed by atoms with E-state index in [0.29, 0.717) is 6.04 Å². The molecule has 0 aliphatic carbocycles. The molecule has 1 fully saturated rings. The van der Waals surface area contributed by atoms with E-state index in [1.54, 1.807) is 11.7 Å². The first-order chi connectivity index (χ1) is 8.18. The van der Waals surface area contributed by atoms with E-state index in [1.165, 1.54) is 24.2 Å². The topological polar surface area (TPSA) is 45.2 Å². The molecule has 1 atom stereocenters. The normalized spacial score (nSPS) is 19.8. The molecule has 1 aliphatic heterocycles. The Morgan fingerprint density at radius 2 is 2.53 bits per heavy atom. The van der Waals surface area contributed by atoms with Crippen LogP contribution in [-0.2, 0) is 0 Å². The molecule has 2 rings (SSSR count). The van der Waals surface area contributed by atoms with Crippen LogP contribution >= 0.6 is 11.3 Å². The van der Waals surface area contributed by atoms with E-state index in [0.717, 1.165) is 18.0 Å². The van der Waals surface area contributed by atoms with Crippen LogP contribution in [0.15, 0.2) is 11.7 Å². The second kappa shape index (κ2) is 5.60. The Kier molecular flexibility index (Phi) is 4.12. The first-order valence-electron chi connectivity index (χ1n) is 6.11. The highest BCUT2D eigenvalue weighted by atomic mass is 32.1. The summed E-state index contributed by atoms with van der Waals surface area (Å²) in [6.07, 6.45) is 4.04. The van der Waals surface area contributed by atoms with Gasteiger partial charge in [0.1, 0.15) is 4.88 Å². The van der Waals surface area contributed by atoms with E-state index in [-0.39, 0.29) is 11.9 Å². The molecular formula is C12H19N3OS. The van der Waals surface area contributed by atoms with Gasteiger partial charge < -0.3 is 10.2 Å². The predicted molar refractivity (Wildman–Crippen MR) is 69.3 cm³/mol. The molecule has 1 N–H and O–H groups in total. The summed E-state index contributed by atoms with van der Waals surface area (Å²) in [5.74, 6) is 0.108. The van der Waals surface area contributed by atoms with E-state index in [9.17, 15) is 4.79 Å². The number of aromatic nitrogens is 1. The van der Waals surface area contributed by atoms with Gasteiger partial charge in [-0.05, 0) is 33.2 Å². The highest BCUT2D eigenvalue weighted by molar-refractivity contribution is 7.11. The minimum atomic E-state index is 0.108. The molecule has 5 heteroatoms. The third kappa shape index (κ3) is 3.04. The molecule has 0 saturated carbocycles. The first kappa shape index (κ1) is 12.5. The molecule has 94 valence electrons. The summed E-state index contributed by atoms with van der Waals surface area (Å²) in [5, 5.41) is 3.44. The average Bonchev–Trinajstić information content (AvgIpc) is 2.97. The van der Waals surface area contributed by atoms with Gasteiger partial charge in [-0.15, -0.1) is 11.3 Å². The molecule has 1 aliphatic rings. The lowest BCUT2D eigenvalue weighted by Gasteiger charge is -2.29. The smallest absolute Gasteiger partial charge is 0.265 e. The number of carbonyl (C=O) groups excluding carboxylic acids is 1. The Hall–Kier alpha value is -0.940. The zero-order valence-electron chi connectivity index (χ0n) is 10.3. The monoisotopic (exact) mass is 253 g/mol. The molecule has 17 heavy (non-hydrogen) atoms. The molecule has 1 saturated heterocycles. The van der Waals surface area contributed by atoms with Crippen LogP contribution in [0.2, 0.25) is 0 Å². The molecule has 0 radical (unpaired) electrons. The van der Waals surface area contributed by atoms with Crippen LogP contribution in [0.1, 0.15) is 36.4 Å². The standard InChI is InChI=1S/C12H19N3OS/c1-9(2)15(7-10-4-3-5-14-10)12(16)11-6-13-8-17-11/h6,8-10,14H,3-5,7H2,1-2H3. The van der Waals surface area contributed by atoms with Crippen molar-refractivity contribution in [3.05, 3.63) is 16.6 Å². The van der Waals surface area contributed by atoms with Crippen molar-refractivity contribution in [1.82, 2.24) is 15.2 Å². The molecule has 0 aromatic carbocycles. The van der Waals surface area contributed by atoms with Crippen LogP contribution in [0.25, 0.3) is 0 Å². The number of nitrogens with zero attached hydrogens (tertiary/aromatic N) is 2. The maximum Gasteiger partial charge on any atom is 0.265 e. The van der Waals surface area contributed by atoms with E-state index in [1.807, 2.05) is 4.90 Å². The maximum absolute atomic E-state index is 12.3. The minimum Gasteiger partial charge on any atom is -0.334 e. The first-order valence-corrected chi connectivity index (χ1v) is 6.99. The summed E-state index contributed by atoms with van der Waals surface area (Å²) in [6, 6.07) is 0.682. The van der Waals surface area contributed by atoms with Crippen molar-refractivity contribution >= 4 is 17.2 Å². The molecule has 1 unspecified atom stereocenters. The molecule has 1 aromatic heterocycles. The fourth-order valence-electron chi connectivity index (χ4n) is 2.14. The van der Waals surface area contributed by atoms with Gasteiger partial charge in [0.2, 0.25) is 0 Å². The number of thiazole rings is 1. The van der Waals surface area contributed by atoms with Gasteiger partial charge in [-0.3, -0.25) is 9.78 Å². The van der Waals surface area contributed by atoms with Crippen molar-refractivity contribution < 1.29 is 4.79 Å². The fraction of sp³-hybridized carbons (Fsp3) is 0.667. The fourth-order valence-corrected chi connectivity index (χ4v) is 2.72. The Bertz CT molecular complexity index is 358. The third-order valence-corrected chi connectivity index (χ3v) is 3.87. The van der Waals surface area contributed by atoms with Crippen LogP contribution in [0.5, 0.6) is 0 Å². The Balaban J connectivity index is 2.03. The van der Waals surface area contributed by atoms with Gasteiger partial charge in [-0.2, -0.15) is 0 Å². The van der Waals surface area contributed by atoms with Crippen molar-refractivity contribution in [3.8, 4) is 0 Å². The van der Waals surface area contributed by atoms with Crippen molar-refractivity contribution in [2.75, 3.05) is 13.1 Å². The molecule has 1 amide bonds. The summed E-state index contributed by atoms with van der Waals surface area (Å²) < 4.78 is 0. The highest BCUT2D eigenvalue weighted by Crippen LogP contribution is 2.15. The number of rotatable bonds is 4. The van der Waals surface area contributed by atoms with Gasteiger partial charge in [-0.25, -0.2) is 0 Å². The average molecular weight is 253 g/mol. The van der Waals surface area contributed by atoms with Crippen molar-refractivity contribution in [3.63, 3.8) is 0 Å². The maximum atomic E-state index is 12.3. The zero-order valence-corrected chi connectivity index (χ0v) is 11.2. The number of nitrogens with one attached hydrogen (secondary N) is 1. The zero-order chi connectivity index (χ0) is 12.3. The van der Waals surface area contributed by atoms with Crippen LogP contribution in [-0.4, -0.2) is 41.0 Å². The lowest BCUT2D eigenvalue weighted by atomic mass is 10.2. The quantitative estimate of drug-likeness (QED) is 0.889. The van der Waals surface area contributed by atoms with Gasteiger partial charge in [-0.1, -0.05) is 0 Å². The van der Waals surface area contributed by atoms with Crippen LogP contribution in [0, 0.1) is 0 Å². The molecule has 1 aromatic rings. The summed E-state index contributed by atoms with van der Waals surface area (Å²) >= 11 is 1.41. The predicted octanol–water partition coefficient (Wildman–Crippen LogP) is 1.75. The molecule has 0 bridgehead atoms. The van der Waals surface area contributed by atoms with Crippen molar-refractivity contribution in [2.45, 2.75) is 38.8 Å². The lowest BCUT2D eigenvalue weighted by Crippen LogP contribution is -2.44. The summed E-state index contributed by atoms with van der Waals surface area (Å²) in [4.78, 5) is 18.9. The van der Waals surface area contributed by atoms with Gasteiger partial charge in [0, 0.05) is 18.6 Å². The molecule has 0 spiro atoms. The van der Waals surface area contributed by atoms with E-state index < -0.39 is 0 Å². The van der Waals surface area contributed by atoms with Crippen molar-refractivity contribution in [1.29, 1.82) is 0 Å². The van der Waals surface area contributed by atoms with Crippen molar-refractivity contribution in [2.24, 2.45) is 0 Å². The van der Waals surface area contributed by atoms with E-state index in [4.69, 9.17) is 0 Å². The molecule has 2 heterocycles. The minimum absolute atomic E-state index is 0.108. The molecule has 4 nitrogen and oxygen atoms in total. The van der Waals surface area contributed by atoms with Gasteiger partial charge in [0.05, 0.1) is 11.7 Å². The van der Waals surface area contributed by atoms with Crippen LogP contribution in [0.3, 0.4) is 0 Å².